The third kappa shape index (κ3) is 3.84. The number of carbonyl (C=O) groups excluding carboxylic acids is 1. The van der Waals surface area contributed by atoms with E-state index in [1.165, 1.54) is 0 Å². The number of fused-ring (bicyclic) bond motifs is 1. The highest BCUT2D eigenvalue weighted by Crippen LogP contribution is 2.17. The molecule has 3 rings (SSSR count). The molecule has 1 aliphatic rings. The smallest absolute Gasteiger partial charge is 0.253 e. The molecule has 2 aromatic rings. The van der Waals surface area contributed by atoms with Crippen LogP contribution in [-0.4, -0.2) is 30.0 Å². The van der Waals surface area contributed by atoms with E-state index >= 15 is 0 Å². The Morgan fingerprint density at radius 2 is 2.10 bits per heavy atom. The first-order valence-electron chi connectivity index (χ1n) is 6.62. The van der Waals surface area contributed by atoms with Gasteiger partial charge in [0.1, 0.15) is 0 Å². The van der Waals surface area contributed by atoms with Crippen LogP contribution in [-0.2, 0) is 0 Å². The molecule has 6 heteroatoms. The van der Waals surface area contributed by atoms with Gasteiger partial charge in [-0.3, -0.25) is 9.78 Å². The molecule has 21 heavy (non-hydrogen) atoms. The summed E-state index contributed by atoms with van der Waals surface area (Å²) in [6, 6.07) is 9.92. The Balaban J connectivity index is 0.00000110. The molecule has 1 aromatic heterocycles. The van der Waals surface area contributed by atoms with E-state index < -0.39 is 0 Å². The third-order valence-electron chi connectivity index (χ3n) is 3.50. The van der Waals surface area contributed by atoms with Crippen LogP contribution < -0.4 is 10.6 Å². The quantitative estimate of drug-likeness (QED) is 0.890. The zero-order valence-corrected chi connectivity index (χ0v) is 13.4. The summed E-state index contributed by atoms with van der Waals surface area (Å²) in [5.41, 5.74) is 2.37. The molecule has 1 aromatic carbocycles. The topological polar surface area (TPSA) is 54.0 Å². The van der Waals surface area contributed by atoms with Gasteiger partial charge in [-0.1, -0.05) is 18.2 Å². The van der Waals surface area contributed by atoms with Gasteiger partial charge in [0, 0.05) is 23.7 Å². The molecular weight excluding hydrogens is 309 g/mol. The molecule has 1 unspecified atom stereocenters. The Bertz CT molecular complexity index is 627. The van der Waals surface area contributed by atoms with Gasteiger partial charge in [-0.2, -0.15) is 0 Å². The normalized spacial score (nSPS) is 16.9. The van der Waals surface area contributed by atoms with Crippen LogP contribution in [0.5, 0.6) is 0 Å². The molecule has 0 saturated carbocycles. The lowest BCUT2D eigenvalue weighted by molar-refractivity contribution is 0.0941. The van der Waals surface area contributed by atoms with Crippen molar-refractivity contribution >= 4 is 41.6 Å². The van der Waals surface area contributed by atoms with Crippen molar-refractivity contribution in [3.8, 4) is 0 Å². The molecule has 2 heterocycles. The van der Waals surface area contributed by atoms with E-state index in [9.17, 15) is 4.79 Å². The summed E-state index contributed by atoms with van der Waals surface area (Å²) in [4.78, 5) is 16.8. The number of amides is 1. The lowest BCUT2D eigenvalue weighted by Gasteiger charge is -2.12. The molecule has 1 saturated heterocycles. The molecule has 4 nitrogen and oxygen atoms in total. The van der Waals surface area contributed by atoms with Gasteiger partial charge in [-0.05, 0) is 32.0 Å². The predicted octanol–water partition coefficient (Wildman–Crippen LogP) is 2.48. The molecular formula is C15H19Cl2N3O. The minimum absolute atomic E-state index is 0. The van der Waals surface area contributed by atoms with E-state index in [2.05, 4.69) is 15.6 Å². The first-order valence-corrected chi connectivity index (χ1v) is 6.62. The average molecular weight is 328 g/mol. The Labute approximate surface area is 136 Å². The first kappa shape index (κ1) is 17.7. The SMILES string of the molecule is Cc1ccc2cccc(C(=O)NC3CCNC3)c2n1.Cl.Cl. The molecule has 0 radical (unpaired) electrons. The fourth-order valence-corrected chi connectivity index (χ4v) is 2.47. The van der Waals surface area contributed by atoms with Gasteiger partial charge >= 0.3 is 0 Å². The summed E-state index contributed by atoms with van der Waals surface area (Å²) in [5, 5.41) is 7.31. The number of nitrogens with zero attached hydrogens (tertiary/aromatic N) is 1. The predicted molar refractivity (Wildman–Crippen MR) is 89.7 cm³/mol. The molecule has 114 valence electrons. The van der Waals surface area contributed by atoms with E-state index in [1.807, 2.05) is 37.3 Å². The largest absolute Gasteiger partial charge is 0.348 e. The molecule has 0 bridgehead atoms. The van der Waals surface area contributed by atoms with Gasteiger partial charge in [0.25, 0.3) is 5.91 Å². The van der Waals surface area contributed by atoms with E-state index in [0.29, 0.717) is 5.56 Å². The van der Waals surface area contributed by atoms with Crippen LogP contribution in [0.4, 0.5) is 0 Å². The van der Waals surface area contributed by atoms with E-state index in [1.54, 1.807) is 0 Å². The van der Waals surface area contributed by atoms with Crippen LogP contribution >= 0.6 is 24.8 Å². The van der Waals surface area contributed by atoms with Gasteiger partial charge < -0.3 is 10.6 Å². The number of hydrogen-bond acceptors (Lipinski definition) is 3. The van der Waals surface area contributed by atoms with Gasteiger partial charge in [0.2, 0.25) is 0 Å². The Morgan fingerprint density at radius 3 is 2.81 bits per heavy atom. The number of para-hydroxylation sites is 1. The second kappa shape index (κ2) is 7.59. The summed E-state index contributed by atoms with van der Waals surface area (Å²) in [7, 11) is 0. The van der Waals surface area contributed by atoms with Gasteiger partial charge in [-0.25, -0.2) is 0 Å². The molecule has 0 spiro atoms. The van der Waals surface area contributed by atoms with E-state index in [4.69, 9.17) is 0 Å². The van der Waals surface area contributed by atoms with Crippen LogP contribution in [0.15, 0.2) is 30.3 Å². The number of aryl methyl sites for hydroxylation is 1. The third-order valence-corrected chi connectivity index (χ3v) is 3.50. The fraction of sp³-hybridized carbons (Fsp3) is 0.333. The van der Waals surface area contributed by atoms with Crippen molar-refractivity contribution in [2.24, 2.45) is 0 Å². The van der Waals surface area contributed by atoms with Crippen LogP contribution in [0.25, 0.3) is 10.9 Å². The number of rotatable bonds is 2. The lowest BCUT2D eigenvalue weighted by atomic mass is 10.1. The van der Waals surface area contributed by atoms with E-state index in [-0.39, 0.29) is 36.8 Å². The van der Waals surface area contributed by atoms with Crippen LogP contribution in [0.3, 0.4) is 0 Å². The summed E-state index contributed by atoms with van der Waals surface area (Å²) in [5.74, 6) is -0.0302. The molecule has 1 amide bonds. The van der Waals surface area contributed by atoms with Crippen LogP contribution in [0, 0.1) is 6.92 Å². The zero-order valence-electron chi connectivity index (χ0n) is 11.8. The summed E-state index contributed by atoms with van der Waals surface area (Å²) in [6.07, 6.45) is 0.989. The number of hydrogen-bond donors (Lipinski definition) is 2. The first-order chi connectivity index (χ1) is 9.24. The maximum atomic E-state index is 12.3. The highest BCUT2D eigenvalue weighted by molar-refractivity contribution is 6.05. The van der Waals surface area contributed by atoms with Crippen molar-refractivity contribution in [3.63, 3.8) is 0 Å². The van der Waals surface area contributed by atoms with Crippen molar-refractivity contribution in [2.45, 2.75) is 19.4 Å². The molecule has 1 aliphatic heterocycles. The number of carbonyl (C=O) groups is 1. The van der Waals surface area contributed by atoms with Crippen molar-refractivity contribution in [1.82, 2.24) is 15.6 Å². The Hall–Kier alpha value is -1.36. The van der Waals surface area contributed by atoms with Crippen molar-refractivity contribution in [1.29, 1.82) is 0 Å². The number of aromatic nitrogens is 1. The molecule has 0 aliphatic carbocycles. The Morgan fingerprint density at radius 1 is 1.29 bits per heavy atom. The molecule has 2 N–H and O–H groups in total. The number of pyridine rings is 1. The summed E-state index contributed by atoms with van der Waals surface area (Å²) in [6.45, 7) is 3.76. The van der Waals surface area contributed by atoms with Gasteiger partial charge in [-0.15, -0.1) is 24.8 Å². The lowest BCUT2D eigenvalue weighted by Crippen LogP contribution is -2.36. The average Bonchev–Trinajstić information content (AvgIpc) is 2.90. The van der Waals surface area contributed by atoms with Gasteiger partial charge in [0.05, 0.1) is 11.1 Å². The summed E-state index contributed by atoms with van der Waals surface area (Å²) >= 11 is 0. The van der Waals surface area contributed by atoms with Crippen molar-refractivity contribution in [3.05, 3.63) is 41.6 Å². The second-order valence-corrected chi connectivity index (χ2v) is 4.99. The standard InChI is InChI=1S/C15H17N3O.2ClH/c1-10-5-6-11-3-2-4-13(14(11)17-10)15(19)18-12-7-8-16-9-12;;/h2-6,12,16H,7-9H2,1H3,(H,18,19);2*1H. The second-order valence-electron chi connectivity index (χ2n) is 4.99. The summed E-state index contributed by atoms with van der Waals surface area (Å²) < 4.78 is 0. The van der Waals surface area contributed by atoms with Crippen molar-refractivity contribution in [2.75, 3.05) is 13.1 Å². The minimum atomic E-state index is -0.0302. The molecule has 1 atom stereocenters. The van der Waals surface area contributed by atoms with Crippen LogP contribution in [0.2, 0.25) is 0 Å². The fourth-order valence-electron chi connectivity index (χ4n) is 2.47. The van der Waals surface area contributed by atoms with Crippen LogP contribution in [0.1, 0.15) is 22.5 Å². The number of benzene rings is 1. The zero-order chi connectivity index (χ0) is 13.2. The number of nitrogens with one attached hydrogen (secondary N) is 2. The maximum absolute atomic E-state index is 12.3. The Kier molecular flexibility index (Phi) is 6.40. The number of halogens is 2. The minimum Gasteiger partial charge on any atom is -0.348 e. The highest BCUT2D eigenvalue weighted by atomic mass is 35.5. The highest BCUT2D eigenvalue weighted by Gasteiger charge is 2.19. The monoisotopic (exact) mass is 327 g/mol. The van der Waals surface area contributed by atoms with Crippen molar-refractivity contribution < 1.29 is 4.79 Å². The molecule has 1 fully saturated rings. The van der Waals surface area contributed by atoms with Gasteiger partial charge in [0.15, 0.2) is 0 Å². The maximum Gasteiger partial charge on any atom is 0.253 e. The van der Waals surface area contributed by atoms with E-state index in [0.717, 1.165) is 36.1 Å².